The Bertz CT molecular complexity index is 517. The normalized spacial score (nSPS) is 26.9. The van der Waals surface area contributed by atoms with Crippen LogP contribution in [0.5, 0.6) is 0 Å². The van der Waals surface area contributed by atoms with Gasteiger partial charge >= 0.3 is 0 Å². The molecule has 2 fully saturated rings. The molecule has 2 saturated carbocycles. The molecule has 4 heteroatoms. The van der Waals surface area contributed by atoms with E-state index in [0.29, 0.717) is 5.92 Å². The third-order valence-electron chi connectivity index (χ3n) is 5.10. The largest absolute Gasteiger partial charge is 0.370 e. The number of amides is 1. The maximum Gasteiger partial charge on any atom is 0.253 e. The van der Waals surface area contributed by atoms with E-state index in [2.05, 4.69) is 10.3 Å². The second-order valence-electron chi connectivity index (χ2n) is 6.58. The molecule has 1 N–H and O–H groups in total. The van der Waals surface area contributed by atoms with Crippen LogP contribution < -0.4 is 5.32 Å². The standard InChI is InChI=1S/C17H25N3O/c1-3-18-16-10-14(6-7-19-16)17(21)20(2)11-15-9-12-4-5-13(15)8-12/h6-7,10,12-13,15H,3-5,8-9,11H2,1-2H3,(H,18,19). The number of anilines is 1. The van der Waals surface area contributed by atoms with E-state index in [4.69, 9.17) is 0 Å². The molecule has 1 heterocycles. The van der Waals surface area contributed by atoms with E-state index in [-0.39, 0.29) is 5.91 Å². The minimum absolute atomic E-state index is 0.110. The molecule has 2 aliphatic carbocycles. The summed E-state index contributed by atoms with van der Waals surface area (Å²) in [6.45, 7) is 3.74. The molecule has 1 aromatic heterocycles. The fraction of sp³-hybridized carbons (Fsp3) is 0.647. The summed E-state index contributed by atoms with van der Waals surface area (Å²) >= 11 is 0. The quantitative estimate of drug-likeness (QED) is 0.905. The van der Waals surface area contributed by atoms with Crippen LogP contribution >= 0.6 is 0 Å². The van der Waals surface area contributed by atoms with Gasteiger partial charge in [-0.3, -0.25) is 4.79 Å². The second kappa shape index (κ2) is 6.04. The molecule has 0 spiro atoms. The SMILES string of the molecule is CCNc1cc(C(=O)N(C)CC2CC3CCC2C3)ccn1. The number of fused-ring (bicyclic) bond motifs is 2. The summed E-state index contributed by atoms with van der Waals surface area (Å²) in [4.78, 5) is 18.7. The van der Waals surface area contributed by atoms with Gasteiger partial charge in [0.2, 0.25) is 0 Å². The maximum atomic E-state index is 12.6. The predicted molar refractivity (Wildman–Crippen MR) is 84.3 cm³/mol. The Morgan fingerprint density at radius 3 is 2.95 bits per heavy atom. The summed E-state index contributed by atoms with van der Waals surface area (Å²) in [5, 5.41) is 3.15. The molecule has 2 bridgehead atoms. The molecular formula is C17H25N3O. The average Bonchev–Trinajstić information content (AvgIpc) is 3.09. The molecular weight excluding hydrogens is 262 g/mol. The lowest BCUT2D eigenvalue weighted by Gasteiger charge is -2.27. The Balaban J connectivity index is 1.62. The molecule has 1 aromatic rings. The number of hydrogen-bond donors (Lipinski definition) is 1. The highest BCUT2D eigenvalue weighted by Crippen LogP contribution is 2.48. The summed E-state index contributed by atoms with van der Waals surface area (Å²) in [6, 6.07) is 3.66. The van der Waals surface area contributed by atoms with Crippen LogP contribution in [0.25, 0.3) is 0 Å². The first-order valence-electron chi connectivity index (χ1n) is 8.12. The smallest absolute Gasteiger partial charge is 0.253 e. The number of aromatic nitrogens is 1. The van der Waals surface area contributed by atoms with Gasteiger partial charge in [-0.25, -0.2) is 4.98 Å². The van der Waals surface area contributed by atoms with Crippen molar-refractivity contribution in [2.24, 2.45) is 17.8 Å². The molecule has 0 aliphatic heterocycles. The van der Waals surface area contributed by atoms with Crippen LogP contribution in [0.15, 0.2) is 18.3 Å². The molecule has 3 unspecified atom stereocenters. The van der Waals surface area contributed by atoms with Crippen molar-refractivity contribution in [2.75, 3.05) is 25.5 Å². The number of hydrogen-bond acceptors (Lipinski definition) is 3. The minimum atomic E-state index is 0.110. The van der Waals surface area contributed by atoms with Crippen molar-refractivity contribution in [3.05, 3.63) is 23.9 Å². The number of nitrogens with zero attached hydrogens (tertiary/aromatic N) is 2. The Hall–Kier alpha value is -1.58. The Morgan fingerprint density at radius 1 is 1.43 bits per heavy atom. The average molecular weight is 287 g/mol. The van der Waals surface area contributed by atoms with E-state index in [9.17, 15) is 4.79 Å². The molecule has 0 aromatic carbocycles. The van der Waals surface area contributed by atoms with Crippen molar-refractivity contribution in [3.8, 4) is 0 Å². The molecule has 4 nitrogen and oxygen atoms in total. The zero-order valence-electron chi connectivity index (χ0n) is 13.0. The Labute approximate surface area is 126 Å². The van der Waals surface area contributed by atoms with Gasteiger partial charge in [-0.2, -0.15) is 0 Å². The fourth-order valence-corrected chi connectivity index (χ4v) is 4.10. The Morgan fingerprint density at radius 2 is 2.29 bits per heavy atom. The first-order chi connectivity index (χ1) is 10.2. The van der Waals surface area contributed by atoms with Gasteiger partial charge in [-0.05, 0) is 56.1 Å². The highest BCUT2D eigenvalue weighted by Gasteiger charge is 2.40. The van der Waals surface area contributed by atoms with Gasteiger partial charge < -0.3 is 10.2 Å². The molecule has 2 aliphatic rings. The van der Waals surface area contributed by atoms with Crippen LogP contribution in [0.3, 0.4) is 0 Å². The zero-order valence-corrected chi connectivity index (χ0v) is 13.0. The maximum absolute atomic E-state index is 12.6. The van der Waals surface area contributed by atoms with Gasteiger partial charge in [0.15, 0.2) is 0 Å². The van der Waals surface area contributed by atoms with E-state index in [1.165, 1.54) is 25.7 Å². The van der Waals surface area contributed by atoms with E-state index < -0.39 is 0 Å². The third kappa shape index (κ3) is 3.04. The van der Waals surface area contributed by atoms with Crippen LogP contribution in [-0.4, -0.2) is 35.9 Å². The Kier molecular flexibility index (Phi) is 4.13. The van der Waals surface area contributed by atoms with E-state index >= 15 is 0 Å². The van der Waals surface area contributed by atoms with Crippen LogP contribution in [-0.2, 0) is 0 Å². The van der Waals surface area contributed by atoms with E-state index in [1.54, 1.807) is 12.3 Å². The molecule has 1 amide bonds. The number of rotatable bonds is 5. The van der Waals surface area contributed by atoms with Gasteiger partial charge in [0.1, 0.15) is 5.82 Å². The van der Waals surface area contributed by atoms with Crippen LogP contribution in [0, 0.1) is 17.8 Å². The molecule has 21 heavy (non-hydrogen) atoms. The molecule has 3 rings (SSSR count). The van der Waals surface area contributed by atoms with Crippen molar-refractivity contribution in [3.63, 3.8) is 0 Å². The van der Waals surface area contributed by atoms with Crippen LogP contribution in [0.4, 0.5) is 5.82 Å². The minimum Gasteiger partial charge on any atom is -0.370 e. The van der Waals surface area contributed by atoms with Crippen LogP contribution in [0.1, 0.15) is 43.0 Å². The lowest BCUT2D eigenvalue weighted by molar-refractivity contribution is 0.0754. The summed E-state index contributed by atoms with van der Waals surface area (Å²) < 4.78 is 0. The summed E-state index contributed by atoms with van der Waals surface area (Å²) in [5.74, 6) is 3.40. The lowest BCUT2D eigenvalue weighted by Crippen LogP contribution is -2.33. The van der Waals surface area contributed by atoms with Gasteiger partial charge in [0, 0.05) is 31.9 Å². The molecule has 0 saturated heterocycles. The van der Waals surface area contributed by atoms with Gasteiger partial charge in [-0.1, -0.05) is 6.42 Å². The first kappa shape index (κ1) is 14.4. The van der Waals surface area contributed by atoms with Crippen LogP contribution in [0.2, 0.25) is 0 Å². The summed E-state index contributed by atoms with van der Waals surface area (Å²) in [5.41, 5.74) is 0.728. The highest BCUT2D eigenvalue weighted by atomic mass is 16.2. The van der Waals surface area contributed by atoms with Crippen molar-refractivity contribution >= 4 is 11.7 Å². The lowest BCUT2D eigenvalue weighted by atomic mass is 9.88. The predicted octanol–water partition coefficient (Wildman–Crippen LogP) is 3.02. The van der Waals surface area contributed by atoms with Gasteiger partial charge in [-0.15, -0.1) is 0 Å². The van der Waals surface area contributed by atoms with Crippen molar-refractivity contribution in [1.82, 2.24) is 9.88 Å². The van der Waals surface area contributed by atoms with Crippen molar-refractivity contribution in [1.29, 1.82) is 0 Å². The van der Waals surface area contributed by atoms with E-state index in [1.807, 2.05) is 24.9 Å². The number of nitrogens with one attached hydrogen (secondary N) is 1. The second-order valence-corrected chi connectivity index (χ2v) is 6.58. The number of pyridine rings is 1. The topological polar surface area (TPSA) is 45.2 Å². The zero-order chi connectivity index (χ0) is 14.8. The monoisotopic (exact) mass is 287 g/mol. The number of carbonyl (C=O) groups excluding carboxylic acids is 1. The molecule has 3 atom stereocenters. The molecule has 0 radical (unpaired) electrons. The molecule has 114 valence electrons. The van der Waals surface area contributed by atoms with Crippen molar-refractivity contribution < 1.29 is 4.79 Å². The van der Waals surface area contributed by atoms with E-state index in [0.717, 1.165) is 36.3 Å². The summed E-state index contributed by atoms with van der Waals surface area (Å²) in [7, 11) is 1.93. The summed E-state index contributed by atoms with van der Waals surface area (Å²) in [6.07, 6.45) is 7.21. The van der Waals surface area contributed by atoms with Crippen molar-refractivity contribution in [2.45, 2.75) is 32.6 Å². The highest BCUT2D eigenvalue weighted by molar-refractivity contribution is 5.94. The fourth-order valence-electron chi connectivity index (χ4n) is 4.10. The number of carbonyl (C=O) groups is 1. The van der Waals surface area contributed by atoms with Gasteiger partial charge in [0.25, 0.3) is 5.91 Å². The third-order valence-corrected chi connectivity index (χ3v) is 5.10. The first-order valence-corrected chi connectivity index (χ1v) is 8.12. The van der Waals surface area contributed by atoms with Gasteiger partial charge in [0.05, 0.1) is 0 Å².